The lowest BCUT2D eigenvalue weighted by Gasteiger charge is -2.18. The molecule has 0 spiro atoms. The van der Waals surface area contributed by atoms with Gasteiger partial charge >= 0.3 is 0 Å². The van der Waals surface area contributed by atoms with E-state index in [9.17, 15) is 4.79 Å². The number of benzene rings is 3. The third kappa shape index (κ3) is 3.91. The van der Waals surface area contributed by atoms with Crippen LogP contribution in [-0.2, 0) is 13.1 Å². The van der Waals surface area contributed by atoms with Crippen molar-refractivity contribution >= 4 is 12.0 Å². The molecule has 1 aliphatic rings. The van der Waals surface area contributed by atoms with Gasteiger partial charge in [0.05, 0.1) is 6.21 Å². The third-order valence-corrected chi connectivity index (χ3v) is 5.97. The number of carbonyl (C=O) groups excluding carboxylic acids is 1. The van der Waals surface area contributed by atoms with E-state index in [0.717, 1.165) is 28.9 Å². The van der Waals surface area contributed by atoms with E-state index in [2.05, 4.69) is 39.6 Å². The number of hydrogen-bond acceptors (Lipinski definition) is 5. The standard InChI is InChI=1S/C27H25N5O/c1-29-15-21-6-2-3-8-23(21)19-9-11-20(12-10-19)25-27(33)26-24(16-30-25)31-17-32(26)22-7-4-5-18(13-22)14-28/h2-13,16-17,25,29H,14-15,28H2,1H3. The van der Waals surface area contributed by atoms with Crippen LogP contribution in [0.3, 0.4) is 0 Å². The van der Waals surface area contributed by atoms with Crippen molar-refractivity contribution in [3.05, 3.63) is 107 Å². The molecular weight excluding hydrogens is 410 g/mol. The summed E-state index contributed by atoms with van der Waals surface area (Å²) in [6, 6.07) is 23.7. The summed E-state index contributed by atoms with van der Waals surface area (Å²) in [5.41, 5.74) is 13.2. The second-order valence-electron chi connectivity index (χ2n) is 8.08. The van der Waals surface area contributed by atoms with Crippen LogP contribution < -0.4 is 11.1 Å². The second-order valence-corrected chi connectivity index (χ2v) is 8.08. The first-order valence-corrected chi connectivity index (χ1v) is 11.0. The maximum atomic E-state index is 13.5. The minimum atomic E-state index is -0.591. The predicted molar refractivity (Wildman–Crippen MR) is 131 cm³/mol. The van der Waals surface area contributed by atoms with E-state index < -0.39 is 6.04 Å². The van der Waals surface area contributed by atoms with Crippen molar-refractivity contribution in [1.29, 1.82) is 0 Å². The molecule has 1 aromatic heterocycles. The molecule has 1 atom stereocenters. The lowest BCUT2D eigenvalue weighted by molar-refractivity contribution is 0.0953. The van der Waals surface area contributed by atoms with Crippen LogP contribution in [0, 0.1) is 0 Å². The maximum absolute atomic E-state index is 13.5. The van der Waals surface area contributed by atoms with Gasteiger partial charge in [-0.2, -0.15) is 0 Å². The predicted octanol–water partition coefficient (Wildman–Crippen LogP) is 4.07. The van der Waals surface area contributed by atoms with Gasteiger partial charge in [-0.3, -0.25) is 14.4 Å². The van der Waals surface area contributed by atoms with Gasteiger partial charge < -0.3 is 11.1 Å². The monoisotopic (exact) mass is 435 g/mol. The lowest BCUT2D eigenvalue weighted by atomic mass is 9.94. The van der Waals surface area contributed by atoms with Gasteiger partial charge in [0.1, 0.15) is 23.8 Å². The summed E-state index contributed by atoms with van der Waals surface area (Å²) in [6.45, 7) is 1.23. The Morgan fingerprint density at radius 3 is 2.64 bits per heavy atom. The van der Waals surface area contributed by atoms with Gasteiger partial charge in [0.15, 0.2) is 0 Å². The van der Waals surface area contributed by atoms with Crippen LogP contribution in [0.15, 0.2) is 84.1 Å². The molecule has 1 aliphatic heterocycles. The summed E-state index contributed by atoms with van der Waals surface area (Å²) in [5.74, 6) is -0.0634. The molecule has 5 rings (SSSR count). The molecule has 3 N–H and O–H groups in total. The number of aromatic nitrogens is 2. The fourth-order valence-corrected chi connectivity index (χ4v) is 4.30. The largest absolute Gasteiger partial charge is 0.326 e. The Morgan fingerprint density at radius 2 is 1.85 bits per heavy atom. The quantitative estimate of drug-likeness (QED) is 0.478. The highest BCUT2D eigenvalue weighted by Gasteiger charge is 2.30. The molecule has 0 saturated carbocycles. The molecule has 1 unspecified atom stereocenters. The summed E-state index contributed by atoms with van der Waals surface area (Å²) in [6.07, 6.45) is 3.37. The van der Waals surface area contributed by atoms with Gasteiger partial charge in [-0.15, -0.1) is 0 Å². The number of carbonyl (C=O) groups is 1. The first-order valence-electron chi connectivity index (χ1n) is 11.0. The van der Waals surface area contributed by atoms with Crippen LogP contribution in [0.5, 0.6) is 0 Å². The Morgan fingerprint density at radius 1 is 1.03 bits per heavy atom. The van der Waals surface area contributed by atoms with Crippen molar-refractivity contribution in [1.82, 2.24) is 14.9 Å². The number of nitrogens with zero attached hydrogens (tertiary/aromatic N) is 3. The van der Waals surface area contributed by atoms with Crippen molar-refractivity contribution in [2.24, 2.45) is 10.7 Å². The number of aliphatic imine (C=N–C) groups is 1. The minimum absolute atomic E-state index is 0.0634. The van der Waals surface area contributed by atoms with E-state index in [0.29, 0.717) is 17.9 Å². The normalized spacial score (nSPS) is 15.0. The molecule has 0 saturated heterocycles. The Bertz CT molecular complexity index is 1340. The topological polar surface area (TPSA) is 85.3 Å². The number of Topliss-reactive ketones (excluding diaryl/α,β-unsaturated/α-hetero) is 1. The van der Waals surface area contributed by atoms with Crippen LogP contribution in [0.2, 0.25) is 0 Å². The maximum Gasteiger partial charge on any atom is 0.210 e. The summed E-state index contributed by atoms with van der Waals surface area (Å²) in [4.78, 5) is 22.4. The van der Waals surface area contributed by atoms with Crippen molar-refractivity contribution < 1.29 is 4.79 Å². The third-order valence-electron chi connectivity index (χ3n) is 5.97. The molecule has 2 heterocycles. The van der Waals surface area contributed by atoms with Gasteiger partial charge in [0.25, 0.3) is 0 Å². The summed E-state index contributed by atoms with van der Waals surface area (Å²) in [5, 5.41) is 3.22. The molecule has 6 nitrogen and oxygen atoms in total. The van der Waals surface area contributed by atoms with E-state index in [1.165, 1.54) is 11.1 Å². The highest BCUT2D eigenvalue weighted by Crippen LogP contribution is 2.31. The fourth-order valence-electron chi connectivity index (χ4n) is 4.30. The van der Waals surface area contributed by atoms with Crippen molar-refractivity contribution in [3.63, 3.8) is 0 Å². The first-order chi connectivity index (χ1) is 16.2. The van der Waals surface area contributed by atoms with Gasteiger partial charge in [-0.05, 0) is 47.0 Å². The highest BCUT2D eigenvalue weighted by molar-refractivity contribution is 6.08. The van der Waals surface area contributed by atoms with E-state index in [4.69, 9.17) is 5.73 Å². The number of rotatable bonds is 6. The van der Waals surface area contributed by atoms with Crippen LogP contribution in [0.25, 0.3) is 16.8 Å². The molecule has 3 aromatic carbocycles. The molecule has 33 heavy (non-hydrogen) atoms. The molecular formula is C27H25N5O. The number of nitrogens with one attached hydrogen (secondary N) is 1. The van der Waals surface area contributed by atoms with E-state index >= 15 is 0 Å². The Labute approximate surface area is 192 Å². The first kappa shape index (κ1) is 21.0. The van der Waals surface area contributed by atoms with Gasteiger partial charge in [-0.25, -0.2) is 4.98 Å². The molecule has 0 radical (unpaired) electrons. The molecule has 0 bridgehead atoms. The molecule has 6 heteroatoms. The van der Waals surface area contributed by atoms with Crippen LogP contribution in [0.1, 0.15) is 38.9 Å². The number of hydrogen-bond donors (Lipinski definition) is 2. The van der Waals surface area contributed by atoms with E-state index in [1.54, 1.807) is 12.5 Å². The summed E-state index contributed by atoms with van der Waals surface area (Å²) < 4.78 is 1.83. The molecule has 4 aromatic rings. The van der Waals surface area contributed by atoms with Crippen LogP contribution in [-0.4, -0.2) is 28.6 Å². The zero-order chi connectivity index (χ0) is 22.8. The number of fused-ring (bicyclic) bond motifs is 1. The van der Waals surface area contributed by atoms with Crippen LogP contribution in [0.4, 0.5) is 0 Å². The molecule has 0 fully saturated rings. The molecule has 0 aliphatic carbocycles. The van der Waals surface area contributed by atoms with Crippen molar-refractivity contribution in [2.45, 2.75) is 19.1 Å². The average Bonchev–Trinajstić information content (AvgIpc) is 3.30. The Balaban J connectivity index is 1.47. The smallest absolute Gasteiger partial charge is 0.210 e. The second kappa shape index (κ2) is 8.94. The zero-order valence-electron chi connectivity index (χ0n) is 18.4. The lowest BCUT2D eigenvalue weighted by Crippen LogP contribution is -2.20. The van der Waals surface area contributed by atoms with Crippen LogP contribution >= 0.6 is 0 Å². The van der Waals surface area contributed by atoms with E-state index in [-0.39, 0.29) is 5.78 Å². The summed E-state index contributed by atoms with van der Waals surface area (Å²) in [7, 11) is 1.94. The SMILES string of the molecule is CNCc1ccccc1-c1ccc(C2N=Cc3ncn(-c4cccc(CN)c4)c3C2=O)cc1. The molecule has 164 valence electrons. The Kier molecular flexibility index (Phi) is 5.69. The van der Waals surface area contributed by atoms with Gasteiger partial charge in [-0.1, -0.05) is 60.7 Å². The number of imidazole rings is 1. The van der Waals surface area contributed by atoms with E-state index in [1.807, 2.05) is 60.1 Å². The Hall–Kier alpha value is -3.87. The average molecular weight is 436 g/mol. The highest BCUT2D eigenvalue weighted by atomic mass is 16.1. The fraction of sp³-hybridized carbons (Fsp3) is 0.148. The zero-order valence-corrected chi connectivity index (χ0v) is 18.4. The van der Waals surface area contributed by atoms with Gasteiger partial charge in [0.2, 0.25) is 5.78 Å². The van der Waals surface area contributed by atoms with Crippen molar-refractivity contribution in [3.8, 4) is 16.8 Å². The minimum Gasteiger partial charge on any atom is -0.326 e. The number of nitrogens with two attached hydrogens (primary N) is 1. The van der Waals surface area contributed by atoms with Crippen molar-refractivity contribution in [2.75, 3.05) is 7.05 Å². The van der Waals surface area contributed by atoms with Gasteiger partial charge in [0, 0.05) is 18.8 Å². The summed E-state index contributed by atoms with van der Waals surface area (Å²) >= 11 is 0. The number of ketones is 1. The molecule has 0 amide bonds.